The van der Waals surface area contributed by atoms with Crippen molar-refractivity contribution >= 4 is 51.1 Å². The van der Waals surface area contributed by atoms with Crippen LogP contribution in [0, 0.1) is 25.7 Å². The van der Waals surface area contributed by atoms with Crippen molar-refractivity contribution in [2.45, 2.75) is 66.9 Å². The Bertz CT molecular complexity index is 1260. The fourth-order valence-electron chi connectivity index (χ4n) is 6.63. The predicted octanol–water partition coefficient (Wildman–Crippen LogP) is 3.84. The summed E-state index contributed by atoms with van der Waals surface area (Å²) in [6.45, 7) is 6.17. The van der Waals surface area contributed by atoms with Crippen molar-refractivity contribution in [2.24, 2.45) is 11.8 Å². The standard InChI is InChI=1S/C30H36BrN3O4S/c1-4-12-32-27(36)23-24-29(38)34(20(16-35)14-19-8-6-5-7-9-19)26(30(24)15-21(31)25(23)39-30)28(37)33-22-13-17(2)10-11-18(22)3/h5-11,13,20-21,23-26,35H,4,12,14-16H2,1-3H3,(H,32,36)(H,33,37)/t20-,21?,23+,24+,25+,26?,30?/m1/s1. The normalized spacial score (nSPS) is 29.8. The summed E-state index contributed by atoms with van der Waals surface area (Å²) in [5.74, 6) is -1.77. The number of nitrogens with zero attached hydrogens (tertiary/aromatic N) is 1. The van der Waals surface area contributed by atoms with Gasteiger partial charge in [0, 0.05) is 22.3 Å². The first-order chi connectivity index (χ1) is 18.7. The van der Waals surface area contributed by atoms with E-state index in [0.717, 1.165) is 23.1 Å². The Balaban J connectivity index is 1.57. The molecule has 7 nitrogen and oxygen atoms in total. The second-order valence-electron chi connectivity index (χ2n) is 11.0. The zero-order valence-corrected chi connectivity index (χ0v) is 24.9. The highest BCUT2D eigenvalue weighted by atomic mass is 79.9. The Morgan fingerprint density at radius 3 is 2.62 bits per heavy atom. The number of hydrogen-bond acceptors (Lipinski definition) is 5. The highest BCUT2D eigenvalue weighted by Gasteiger charge is 2.76. The van der Waals surface area contributed by atoms with Crippen LogP contribution in [0.15, 0.2) is 48.5 Å². The minimum atomic E-state index is -0.824. The van der Waals surface area contributed by atoms with E-state index in [2.05, 4.69) is 26.6 Å². The zero-order valence-electron chi connectivity index (χ0n) is 22.5. The highest BCUT2D eigenvalue weighted by Crippen LogP contribution is 2.68. The third-order valence-corrected chi connectivity index (χ3v) is 11.6. The van der Waals surface area contributed by atoms with Gasteiger partial charge in [-0.1, -0.05) is 65.3 Å². The maximum Gasteiger partial charge on any atom is 0.248 e. The van der Waals surface area contributed by atoms with Crippen molar-refractivity contribution < 1.29 is 19.5 Å². The van der Waals surface area contributed by atoms with Gasteiger partial charge in [0.25, 0.3) is 0 Å². The van der Waals surface area contributed by atoms with Crippen LogP contribution in [-0.4, -0.2) is 67.8 Å². The Hall–Kier alpha value is -2.36. The third-order valence-electron chi connectivity index (χ3n) is 8.40. The van der Waals surface area contributed by atoms with E-state index in [1.165, 1.54) is 0 Å². The molecule has 9 heteroatoms. The zero-order chi connectivity index (χ0) is 27.9. The van der Waals surface area contributed by atoms with Gasteiger partial charge in [-0.2, -0.15) is 0 Å². The van der Waals surface area contributed by atoms with Gasteiger partial charge in [0.2, 0.25) is 17.7 Å². The fourth-order valence-corrected chi connectivity index (χ4v) is 10.2. The first-order valence-corrected chi connectivity index (χ1v) is 15.5. The van der Waals surface area contributed by atoms with Crippen molar-refractivity contribution in [3.8, 4) is 0 Å². The molecule has 39 heavy (non-hydrogen) atoms. The maximum atomic E-state index is 14.4. The van der Waals surface area contributed by atoms with E-state index in [1.54, 1.807) is 16.7 Å². The molecule has 3 amide bonds. The number of rotatable bonds is 9. The van der Waals surface area contributed by atoms with Gasteiger partial charge in [0.05, 0.1) is 29.2 Å². The van der Waals surface area contributed by atoms with Crippen molar-refractivity contribution in [3.63, 3.8) is 0 Å². The second kappa shape index (κ2) is 11.3. The second-order valence-corrected chi connectivity index (χ2v) is 13.8. The van der Waals surface area contributed by atoms with Gasteiger partial charge in [0.15, 0.2) is 0 Å². The smallest absolute Gasteiger partial charge is 0.248 e. The number of benzene rings is 2. The minimum Gasteiger partial charge on any atom is -0.394 e. The average Bonchev–Trinajstić information content (AvgIpc) is 3.52. The monoisotopic (exact) mass is 613 g/mol. The minimum absolute atomic E-state index is 0.00147. The van der Waals surface area contributed by atoms with Crippen molar-refractivity contribution in [1.29, 1.82) is 0 Å². The molecule has 0 saturated carbocycles. The number of nitrogens with one attached hydrogen (secondary N) is 2. The van der Waals surface area contributed by atoms with E-state index in [0.29, 0.717) is 25.1 Å². The number of anilines is 1. The Labute approximate surface area is 242 Å². The Morgan fingerprint density at radius 1 is 1.18 bits per heavy atom. The summed E-state index contributed by atoms with van der Waals surface area (Å²) >= 11 is 5.42. The third kappa shape index (κ3) is 4.91. The van der Waals surface area contributed by atoms with Gasteiger partial charge in [-0.3, -0.25) is 14.4 Å². The lowest BCUT2D eigenvalue weighted by Gasteiger charge is -2.37. The summed E-state index contributed by atoms with van der Waals surface area (Å²) in [7, 11) is 0. The number of amides is 3. The molecule has 7 atom stereocenters. The van der Waals surface area contributed by atoms with Crippen LogP contribution in [0.25, 0.3) is 0 Å². The van der Waals surface area contributed by atoms with Gasteiger partial charge >= 0.3 is 0 Å². The Kier molecular flexibility index (Phi) is 8.13. The number of thioether (sulfide) groups is 1. The molecule has 0 aromatic heterocycles. The van der Waals surface area contributed by atoms with Crippen LogP contribution in [0.2, 0.25) is 0 Å². The SMILES string of the molecule is CCCNC(=O)[C@H]1[C@H]2C(=O)N([C@@H](CO)Cc3ccccc3)C(C(=O)Nc3cc(C)ccc3C)C23CC(Br)[C@@H]1S3. The summed E-state index contributed by atoms with van der Waals surface area (Å²) in [5.41, 5.74) is 3.63. The molecule has 3 unspecified atom stereocenters. The predicted molar refractivity (Wildman–Crippen MR) is 158 cm³/mol. The van der Waals surface area contributed by atoms with E-state index >= 15 is 0 Å². The van der Waals surface area contributed by atoms with Crippen LogP contribution in [-0.2, 0) is 20.8 Å². The lowest BCUT2D eigenvalue weighted by Crippen LogP contribution is -2.56. The van der Waals surface area contributed by atoms with Crippen molar-refractivity contribution in [1.82, 2.24) is 10.2 Å². The summed E-state index contributed by atoms with van der Waals surface area (Å²) in [6.07, 6.45) is 1.81. The molecule has 2 bridgehead atoms. The number of aliphatic hydroxyl groups is 1. The summed E-state index contributed by atoms with van der Waals surface area (Å²) in [5, 5.41) is 16.6. The van der Waals surface area contributed by atoms with E-state index in [9.17, 15) is 19.5 Å². The number of alkyl halides is 1. The molecule has 5 rings (SSSR count). The van der Waals surface area contributed by atoms with Crippen LogP contribution in [0.5, 0.6) is 0 Å². The highest BCUT2D eigenvalue weighted by molar-refractivity contribution is 9.09. The summed E-state index contributed by atoms with van der Waals surface area (Å²) in [6, 6.07) is 14.2. The topological polar surface area (TPSA) is 98.7 Å². The average molecular weight is 615 g/mol. The van der Waals surface area contributed by atoms with Gasteiger partial charge in [-0.25, -0.2) is 0 Å². The largest absolute Gasteiger partial charge is 0.394 e. The molecule has 3 aliphatic heterocycles. The molecule has 0 radical (unpaired) electrons. The van der Waals surface area contributed by atoms with Crippen LogP contribution in [0.3, 0.4) is 0 Å². The first kappa shape index (κ1) is 28.2. The van der Waals surface area contributed by atoms with Crippen molar-refractivity contribution in [3.05, 3.63) is 65.2 Å². The summed E-state index contributed by atoms with van der Waals surface area (Å²) < 4.78 is -0.768. The molecule has 0 aliphatic carbocycles. The number of likely N-dealkylation sites (tertiary alicyclic amines) is 1. The fraction of sp³-hybridized carbons (Fsp3) is 0.500. The maximum absolute atomic E-state index is 14.4. The van der Waals surface area contributed by atoms with Gasteiger partial charge in [-0.05, 0) is 55.9 Å². The van der Waals surface area contributed by atoms with Crippen LogP contribution >= 0.6 is 27.7 Å². The summed E-state index contributed by atoms with van der Waals surface area (Å²) in [4.78, 5) is 43.7. The molecule has 3 saturated heterocycles. The lowest BCUT2D eigenvalue weighted by atomic mass is 9.70. The molecule has 2 aromatic carbocycles. The molecule has 3 heterocycles. The molecule has 1 spiro atoms. The van der Waals surface area contributed by atoms with E-state index < -0.39 is 28.7 Å². The van der Waals surface area contributed by atoms with Crippen LogP contribution in [0.4, 0.5) is 5.69 Å². The molecule has 3 aliphatic rings. The molecular formula is C30H36BrN3O4S. The van der Waals surface area contributed by atoms with Gasteiger partial charge in [0.1, 0.15) is 6.04 Å². The van der Waals surface area contributed by atoms with E-state index in [1.807, 2.05) is 69.3 Å². The molecule has 3 fully saturated rings. The number of halogens is 1. The number of aryl methyl sites for hydroxylation is 2. The Morgan fingerprint density at radius 2 is 1.92 bits per heavy atom. The van der Waals surface area contributed by atoms with Gasteiger partial charge < -0.3 is 20.6 Å². The van der Waals surface area contributed by atoms with E-state index in [-0.39, 0.29) is 34.4 Å². The number of hydrogen-bond donors (Lipinski definition) is 3. The quantitative estimate of drug-likeness (QED) is 0.373. The molecule has 2 aromatic rings. The number of carbonyl (C=O) groups is 3. The molecule has 208 valence electrons. The molecule has 3 N–H and O–H groups in total. The number of fused-ring (bicyclic) bond motifs is 1. The lowest BCUT2D eigenvalue weighted by molar-refractivity contribution is -0.142. The van der Waals surface area contributed by atoms with Crippen LogP contribution < -0.4 is 10.6 Å². The van der Waals surface area contributed by atoms with Gasteiger partial charge in [-0.15, -0.1) is 11.8 Å². The van der Waals surface area contributed by atoms with E-state index in [4.69, 9.17) is 0 Å². The number of carbonyl (C=O) groups excluding carboxylic acids is 3. The first-order valence-electron chi connectivity index (χ1n) is 13.7. The number of aliphatic hydroxyl groups excluding tert-OH is 1. The molecular weight excluding hydrogens is 578 g/mol. The van der Waals surface area contributed by atoms with Crippen molar-refractivity contribution in [2.75, 3.05) is 18.5 Å². The van der Waals surface area contributed by atoms with Crippen LogP contribution in [0.1, 0.15) is 36.5 Å².